The van der Waals surface area contributed by atoms with Gasteiger partial charge in [0.2, 0.25) is 5.88 Å². The summed E-state index contributed by atoms with van der Waals surface area (Å²) in [6.45, 7) is 1.06. The smallest absolute Gasteiger partial charge is 0.254 e. The zero-order chi connectivity index (χ0) is 21.5. The van der Waals surface area contributed by atoms with E-state index in [2.05, 4.69) is 10.1 Å². The quantitative estimate of drug-likeness (QED) is 0.411. The van der Waals surface area contributed by atoms with Crippen molar-refractivity contribution in [3.8, 4) is 17.2 Å². The minimum Gasteiger partial charge on any atom is -0.471 e. The third kappa shape index (κ3) is 3.26. The van der Waals surface area contributed by atoms with Gasteiger partial charge in [0.1, 0.15) is 11.6 Å². The van der Waals surface area contributed by atoms with Crippen LogP contribution in [0.2, 0.25) is 0 Å². The Kier molecular flexibility index (Phi) is 4.35. The average Bonchev–Trinajstić information content (AvgIpc) is 3.24. The van der Waals surface area contributed by atoms with Crippen LogP contribution >= 0.6 is 0 Å². The number of fused-ring (bicyclic) bond motifs is 2. The molecular weight excluding hydrogens is 402 g/mol. The number of carbonyl (C=O) groups excluding carboxylic acids is 1. The van der Waals surface area contributed by atoms with Gasteiger partial charge in [-0.1, -0.05) is 53.7 Å². The van der Waals surface area contributed by atoms with Crippen LogP contribution in [-0.2, 0) is 0 Å². The van der Waals surface area contributed by atoms with Crippen molar-refractivity contribution in [3.63, 3.8) is 0 Å². The van der Waals surface area contributed by atoms with Crippen LogP contribution in [0.4, 0.5) is 0 Å². The fourth-order valence-electron chi connectivity index (χ4n) is 4.02. The minimum absolute atomic E-state index is 0.0292. The molecule has 2 aromatic heterocycles. The summed E-state index contributed by atoms with van der Waals surface area (Å²) < 4.78 is 11.5. The van der Waals surface area contributed by atoms with Gasteiger partial charge in [-0.25, -0.2) is 4.98 Å². The Morgan fingerprint density at radius 1 is 0.906 bits per heavy atom. The summed E-state index contributed by atoms with van der Waals surface area (Å²) in [5, 5.41) is 6.03. The fourth-order valence-corrected chi connectivity index (χ4v) is 4.02. The molecule has 1 aliphatic rings. The first-order chi connectivity index (χ1) is 15.7. The van der Waals surface area contributed by atoms with Crippen LogP contribution in [0.1, 0.15) is 10.4 Å². The SMILES string of the molecule is O=C(c1ccc2noc(-c3ccccc3)c2c1)N1CC(Oc2ccc3ccccc3n2)C1. The lowest BCUT2D eigenvalue weighted by molar-refractivity contribution is 0.0161. The highest BCUT2D eigenvalue weighted by Gasteiger charge is 2.33. The molecular formula is C26H19N3O3. The van der Waals surface area contributed by atoms with E-state index in [-0.39, 0.29) is 12.0 Å². The normalized spacial score (nSPS) is 13.9. The first-order valence-corrected chi connectivity index (χ1v) is 10.5. The van der Waals surface area contributed by atoms with E-state index in [0.717, 1.165) is 27.4 Å². The van der Waals surface area contributed by atoms with Crippen LogP contribution in [-0.4, -0.2) is 40.1 Å². The first-order valence-electron chi connectivity index (χ1n) is 10.5. The molecule has 1 aliphatic heterocycles. The molecule has 3 aromatic carbocycles. The number of hydrogen-bond acceptors (Lipinski definition) is 5. The van der Waals surface area contributed by atoms with Crippen LogP contribution < -0.4 is 4.74 Å². The molecule has 0 unspecified atom stereocenters. The van der Waals surface area contributed by atoms with Gasteiger partial charge >= 0.3 is 0 Å². The van der Waals surface area contributed by atoms with Crippen molar-refractivity contribution in [3.05, 3.63) is 90.5 Å². The molecule has 6 heteroatoms. The Bertz CT molecular complexity index is 1440. The molecule has 0 radical (unpaired) electrons. The molecule has 0 bridgehead atoms. The summed E-state index contributed by atoms with van der Waals surface area (Å²) in [7, 11) is 0. The molecule has 156 valence electrons. The highest BCUT2D eigenvalue weighted by Crippen LogP contribution is 2.30. The second-order valence-corrected chi connectivity index (χ2v) is 7.90. The van der Waals surface area contributed by atoms with Crippen LogP contribution in [0.15, 0.2) is 89.5 Å². The molecule has 1 amide bonds. The largest absolute Gasteiger partial charge is 0.471 e. The van der Waals surface area contributed by atoms with Crippen LogP contribution in [0, 0.1) is 0 Å². The number of nitrogens with zero attached hydrogens (tertiary/aromatic N) is 3. The lowest BCUT2D eigenvalue weighted by Gasteiger charge is -2.38. The fraction of sp³-hybridized carbons (Fsp3) is 0.115. The monoisotopic (exact) mass is 421 g/mol. The molecule has 5 aromatic rings. The zero-order valence-electron chi connectivity index (χ0n) is 17.1. The summed E-state index contributed by atoms with van der Waals surface area (Å²) in [6.07, 6.45) is -0.0631. The summed E-state index contributed by atoms with van der Waals surface area (Å²) in [6, 6.07) is 27.0. The van der Waals surface area contributed by atoms with E-state index in [1.807, 2.05) is 78.9 Å². The Hall–Kier alpha value is -4.19. The van der Waals surface area contributed by atoms with Gasteiger partial charge in [0.05, 0.1) is 24.0 Å². The van der Waals surface area contributed by atoms with Gasteiger partial charge in [0, 0.05) is 22.6 Å². The van der Waals surface area contributed by atoms with Crippen molar-refractivity contribution in [1.82, 2.24) is 15.0 Å². The van der Waals surface area contributed by atoms with Gasteiger partial charge < -0.3 is 14.2 Å². The molecule has 0 atom stereocenters. The number of para-hydroxylation sites is 1. The third-order valence-corrected chi connectivity index (χ3v) is 5.75. The van der Waals surface area contributed by atoms with Crippen LogP contribution in [0.25, 0.3) is 33.1 Å². The van der Waals surface area contributed by atoms with Crippen molar-refractivity contribution < 1.29 is 14.1 Å². The molecule has 0 N–H and O–H groups in total. The van der Waals surface area contributed by atoms with Crippen LogP contribution in [0.5, 0.6) is 5.88 Å². The van der Waals surface area contributed by atoms with E-state index in [1.54, 1.807) is 11.0 Å². The average molecular weight is 421 g/mol. The standard InChI is InChI=1S/C26H19N3O3/c30-26(19-10-12-23-21(14-19)25(32-28-23)18-7-2-1-3-8-18)29-15-20(16-29)31-24-13-11-17-6-4-5-9-22(17)27-24/h1-14,20H,15-16H2. The van der Waals surface area contributed by atoms with E-state index in [0.29, 0.717) is 30.3 Å². The van der Waals surface area contributed by atoms with E-state index >= 15 is 0 Å². The number of aromatic nitrogens is 2. The predicted molar refractivity (Wildman–Crippen MR) is 122 cm³/mol. The number of ether oxygens (including phenoxy) is 1. The van der Waals surface area contributed by atoms with E-state index in [1.165, 1.54) is 0 Å². The highest BCUT2D eigenvalue weighted by molar-refractivity contribution is 6.01. The lowest BCUT2D eigenvalue weighted by Crippen LogP contribution is -2.56. The van der Waals surface area contributed by atoms with Crippen molar-refractivity contribution in [1.29, 1.82) is 0 Å². The Morgan fingerprint density at radius 2 is 1.72 bits per heavy atom. The van der Waals surface area contributed by atoms with Gasteiger partial charge in [-0.2, -0.15) is 0 Å². The van der Waals surface area contributed by atoms with E-state index in [9.17, 15) is 4.79 Å². The molecule has 0 spiro atoms. The minimum atomic E-state index is -0.0631. The van der Waals surface area contributed by atoms with Gasteiger partial charge in [-0.05, 0) is 30.3 Å². The number of amides is 1. The van der Waals surface area contributed by atoms with Crippen LogP contribution in [0.3, 0.4) is 0 Å². The topological polar surface area (TPSA) is 68.5 Å². The predicted octanol–water partition coefficient (Wildman–Crippen LogP) is 4.95. The molecule has 3 heterocycles. The number of rotatable bonds is 4. The maximum Gasteiger partial charge on any atom is 0.254 e. The molecule has 0 saturated carbocycles. The molecule has 1 saturated heterocycles. The summed E-state index contributed by atoms with van der Waals surface area (Å²) in [4.78, 5) is 19.3. The third-order valence-electron chi connectivity index (χ3n) is 5.75. The summed E-state index contributed by atoms with van der Waals surface area (Å²) in [5.74, 6) is 1.22. The van der Waals surface area contributed by atoms with Crippen molar-refractivity contribution in [2.45, 2.75) is 6.10 Å². The van der Waals surface area contributed by atoms with E-state index in [4.69, 9.17) is 9.26 Å². The number of likely N-dealkylation sites (tertiary alicyclic amines) is 1. The van der Waals surface area contributed by atoms with Crippen molar-refractivity contribution in [2.75, 3.05) is 13.1 Å². The number of hydrogen-bond donors (Lipinski definition) is 0. The molecule has 32 heavy (non-hydrogen) atoms. The van der Waals surface area contributed by atoms with Crippen molar-refractivity contribution >= 4 is 27.7 Å². The Balaban J connectivity index is 1.17. The number of pyridine rings is 1. The number of benzene rings is 3. The summed E-state index contributed by atoms with van der Waals surface area (Å²) in [5.41, 5.74) is 3.17. The van der Waals surface area contributed by atoms with Gasteiger partial charge in [-0.15, -0.1) is 0 Å². The number of carbonyl (C=O) groups is 1. The summed E-state index contributed by atoms with van der Waals surface area (Å²) >= 11 is 0. The molecule has 6 nitrogen and oxygen atoms in total. The zero-order valence-corrected chi connectivity index (χ0v) is 17.1. The van der Waals surface area contributed by atoms with Gasteiger partial charge in [0.25, 0.3) is 5.91 Å². The second-order valence-electron chi connectivity index (χ2n) is 7.90. The maximum atomic E-state index is 13.0. The van der Waals surface area contributed by atoms with E-state index < -0.39 is 0 Å². The Labute approximate surface area is 184 Å². The molecule has 6 rings (SSSR count). The first kappa shape index (κ1) is 18.6. The highest BCUT2D eigenvalue weighted by atomic mass is 16.5. The maximum absolute atomic E-state index is 13.0. The van der Waals surface area contributed by atoms with Gasteiger partial charge in [-0.3, -0.25) is 4.79 Å². The molecule has 0 aliphatic carbocycles. The molecule has 1 fully saturated rings. The second kappa shape index (κ2) is 7.50. The lowest BCUT2D eigenvalue weighted by atomic mass is 10.0. The Morgan fingerprint density at radius 3 is 2.59 bits per heavy atom. The van der Waals surface area contributed by atoms with Crippen molar-refractivity contribution in [2.24, 2.45) is 0 Å². The van der Waals surface area contributed by atoms with Gasteiger partial charge in [0.15, 0.2) is 5.76 Å².